The van der Waals surface area contributed by atoms with Crippen LogP contribution in [0.3, 0.4) is 0 Å². The SMILES string of the molecule is OC(CSc1cccc(F)c1)Cc1cccc(F)c1. The van der Waals surface area contributed by atoms with Gasteiger partial charge in [-0.15, -0.1) is 11.8 Å². The van der Waals surface area contributed by atoms with Crippen molar-refractivity contribution in [1.29, 1.82) is 0 Å². The van der Waals surface area contributed by atoms with Crippen molar-refractivity contribution in [3.63, 3.8) is 0 Å². The summed E-state index contributed by atoms with van der Waals surface area (Å²) in [5, 5.41) is 9.89. The van der Waals surface area contributed by atoms with E-state index in [9.17, 15) is 13.9 Å². The minimum atomic E-state index is -0.588. The van der Waals surface area contributed by atoms with Crippen molar-refractivity contribution in [2.75, 3.05) is 5.75 Å². The van der Waals surface area contributed by atoms with Crippen LogP contribution >= 0.6 is 11.8 Å². The summed E-state index contributed by atoms with van der Waals surface area (Å²) >= 11 is 1.38. The highest BCUT2D eigenvalue weighted by Crippen LogP contribution is 2.20. The number of hydrogen-bond donors (Lipinski definition) is 1. The standard InChI is InChI=1S/C15H14F2OS/c16-12-4-1-3-11(7-12)8-14(18)10-19-15-6-2-5-13(17)9-15/h1-7,9,14,18H,8,10H2. The normalized spacial score (nSPS) is 12.4. The van der Waals surface area contributed by atoms with Crippen LogP contribution in [-0.4, -0.2) is 17.0 Å². The number of rotatable bonds is 5. The van der Waals surface area contributed by atoms with Gasteiger partial charge in [0.1, 0.15) is 11.6 Å². The van der Waals surface area contributed by atoms with E-state index in [2.05, 4.69) is 0 Å². The lowest BCUT2D eigenvalue weighted by molar-refractivity contribution is 0.200. The Morgan fingerprint density at radius 1 is 1.00 bits per heavy atom. The topological polar surface area (TPSA) is 20.2 Å². The van der Waals surface area contributed by atoms with E-state index in [1.807, 2.05) is 0 Å². The van der Waals surface area contributed by atoms with Crippen LogP contribution in [0.25, 0.3) is 0 Å². The van der Waals surface area contributed by atoms with E-state index in [1.165, 1.54) is 36.0 Å². The molecule has 1 N–H and O–H groups in total. The third-order valence-corrected chi connectivity index (χ3v) is 3.74. The highest BCUT2D eigenvalue weighted by molar-refractivity contribution is 7.99. The van der Waals surface area contributed by atoms with E-state index >= 15 is 0 Å². The lowest BCUT2D eigenvalue weighted by Crippen LogP contribution is -2.13. The molecule has 0 radical (unpaired) electrons. The summed E-state index contributed by atoms with van der Waals surface area (Å²) in [6, 6.07) is 12.4. The van der Waals surface area contributed by atoms with Gasteiger partial charge in [-0.05, 0) is 42.3 Å². The predicted molar refractivity (Wildman–Crippen MR) is 73.2 cm³/mol. The number of hydrogen-bond acceptors (Lipinski definition) is 2. The first kappa shape index (κ1) is 14.0. The summed E-state index contributed by atoms with van der Waals surface area (Å²) in [5.41, 5.74) is 0.757. The highest BCUT2D eigenvalue weighted by atomic mass is 32.2. The molecule has 2 aromatic rings. The summed E-state index contributed by atoms with van der Waals surface area (Å²) in [7, 11) is 0. The Morgan fingerprint density at radius 3 is 2.37 bits per heavy atom. The van der Waals surface area contributed by atoms with Gasteiger partial charge in [-0.1, -0.05) is 18.2 Å². The molecule has 1 unspecified atom stereocenters. The molecule has 0 aliphatic heterocycles. The first-order valence-electron chi connectivity index (χ1n) is 5.94. The van der Waals surface area contributed by atoms with Crippen LogP contribution in [0.5, 0.6) is 0 Å². The van der Waals surface area contributed by atoms with Gasteiger partial charge in [0.05, 0.1) is 6.10 Å². The molecule has 1 nitrogen and oxygen atoms in total. The van der Waals surface area contributed by atoms with Crippen LogP contribution in [0.4, 0.5) is 8.78 Å². The second-order valence-electron chi connectivity index (χ2n) is 4.26. The largest absolute Gasteiger partial charge is 0.392 e. The first-order chi connectivity index (χ1) is 9.13. The molecule has 4 heteroatoms. The summed E-state index contributed by atoms with van der Waals surface area (Å²) in [6.45, 7) is 0. The van der Waals surface area contributed by atoms with Crippen LogP contribution in [0, 0.1) is 11.6 Å². The smallest absolute Gasteiger partial charge is 0.124 e. The molecule has 0 aliphatic rings. The monoisotopic (exact) mass is 280 g/mol. The molecule has 0 spiro atoms. The molecule has 0 amide bonds. The molecule has 2 aromatic carbocycles. The number of benzene rings is 2. The Hall–Kier alpha value is -1.39. The molecule has 0 bridgehead atoms. The zero-order valence-electron chi connectivity index (χ0n) is 10.2. The fourth-order valence-electron chi connectivity index (χ4n) is 1.74. The van der Waals surface area contributed by atoms with Gasteiger partial charge >= 0.3 is 0 Å². The number of thioether (sulfide) groups is 1. The number of halogens is 2. The quantitative estimate of drug-likeness (QED) is 0.843. The van der Waals surface area contributed by atoms with Crippen molar-refractivity contribution in [3.05, 3.63) is 65.7 Å². The van der Waals surface area contributed by atoms with E-state index in [4.69, 9.17) is 0 Å². The van der Waals surface area contributed by atoms with Crippen LogP contribution in [0.15, 0.2) is 53.4 Å². The minimum absolute atomic E-state index is 0.287. The second kappa shape index (κ2) is 6.68. The van der Waals surface area contributed by atoms with Gasteiger partial charge in [0.15, 0.2) is 0 Å². The maximum atomic E-state index is 13.0. The summed E-state index contributed by atoms with van der Waals surface area (Å²) < 4.78 is 25.9. The lowest BCUT2D eigenvalue weighted by Gasteiger charge is -2.10. The predicted octanol–water partition coefficient (Wildman–Crippen LogP) is 3.66. The Bertz CT molecular complexity index is 545. The van der Waals surface area contributed by atoms with Crippen LogP contribution in [-0.2, 0) is 6.42 Å². The third-order valence-electron chi connectivity index (χ3n) is 2.60. The molecule has 100 valence electrons. The van der Waals surface area contributed by atoms with Gasteiger partial charge in [0.2, 0.25) is 0 Å². The second-order valence-corrected chi connectivity index (χ2v) is 5.35. The highest BCUT2D eigenvalue weighted by Gasteiger charge is 2.07. The summed E-state index contributed by atoms with van der Waals surface area (Å²) in [5.74, 6) is -0.146. The van der Waals surface area contributed by atoms with E-state index in [-0.39, 0.29) is 11.6 Å². The molecule has 0 saturated carbocycles. The Kier molecular flexibility index (Phi) is 4.93. The lowest BCUT2D eigenvalue weighted by atomic mass is 10.1. The van der Waals surface area contributed by atoms with Gasteiger partial charge in [-0.25, -0.2) is 8.78 Å². The van der Waals surface area contributed by atoms with Crippen molar-refractivity contribution in [2.24, 2.45) is 0 Å². The maximum Gasteiger partial charge on any atom is 0.124 e. The molecule has 0 saturated heterocycles. The summed E-state index contributed by atoms with van der Waals surface area (Å²) in [4.78, 5) is 0.776. The molecule has 2 rings (SSSR count). The molecule has 0 heterocycles. The van der Waals surface area contributed by atoms with Crippen molar-refractivity contribution in [3.8, 4) is 0 Å². The fourth-order valence-corrected chi connectivity index (χ4v) is 2.62. The Morgan fingerprint density at radius 2 is 1.68 bits per heavy atom. The van der Waals surface area contributed by atoms with Crippen LogP contribution < -0.4 is 0 Å². The van der Waals surface area contributed by atoms with E-state index < -0.39 is 6.10 Å². The molecule has 0 aromatic heterocycles. The molecule has 0 fully saturated rings. The van der Waals surface area contributed by atoms with Gasteiger partial charge in [0.25, 0.3) is 0 Å². The van der Waals surface area contributed by atoms with Gasteiger partial charge in [0, 0.05) is 10.6 Å². The van der Waals surface area contributed by atoms with E-state index in [0.29, 0.717) is 12.2 Å². The molecule has 1 atom stereocenters. The van der Waals surface area contributed by atoms with Crippen LogP contribution in [0.1, 0.15) is 5.56 Å². The van der Waals surface area contributed by atoms with Gasteiger partial charge in [-0.2, -0.15) is 0 Å². The van der Waals surface area contributed by atoms with Crippen LogP contribution in [0.2, 0.25) is 0 Å². The van der Waals surface area contributed by atoms with Crippen molar-refractivity contribution >= 4 is 11.8 Å². The number of aliphatic hydroxyl groups excluding tert-OH is 1. The van der Waals surface area contributed by atoms with E-state index in [0.717, 1.165) is 10.5 Å². The van der Waals surface area contributed by atoms with Crippen molar-refractivity contribution in [1.82, 2.24) is 0 Å². The van der Waals surface area contributed by atoms with Gasteiger partial charge < -0.3 is 5.11 Å². The average molecular weight is 280 g/mol. The Balaban J connectivity index is 1.86. The molecule has 19 heavy (non-hydrogen) atoms. The number of aliphatic hydroxyl groups is 1. The first-order valence-corrected chi connectivity index (χ1v) is 6.93. The summed E-state index contributed by atoms with van der Waals surface area (Å²) in [6.07, 6.45) is -0.199. The molecular weight excluding hydrogens is 266 g/mol. The zero-order chi connectivity index (χ0) is 13.7. The van der Waals surface area contributed by atoms with E-state index in [1.54, 1.807) is 24.3 Å². The minimum Gasteiger partial charge on any atom is -0.392 e. The molecular formula is C15H14F2OS. The van der Waals surface area contributed by atoms with Crippen molar-refractivity contribution in [2.45, 2.75) is 17.4 Å². The maximum absolute atomic E-state index is 13.0. The third kappa shape index (κ3) is 4.65. The average Bonchev–Trinajstić information content (AvgIpc) is 2.36. The molecule has 0 aliphatic carbocycles. The Labute approximate surface area is 115 Å². The van der Waals surface area contributed by atoms with Crippen molar-refractivity contribution < 1.29 is 13.9 Å². The fraction of sp³-hybridized carbons (Fsp3) is 0.200. The van der Waals surface area contributed by atoms with Gasteiger partial charge in [-0.3, -0.25) is 0 Å². The zero-order valence-corrected chi connectivity index (χ0v) is 11.0.